The third kappa shape index (κ3) is 4.48. The molecule has 0 aliphatic heterocycles. The maximum atomic E-state index is 14.8. The summed E-state index contributed by atoms with van der Waals surface area (Å²) in [5.74, 6) is 0.392. The minimum Gasteiger partial charge on any atom is -0.469 e. The summed E-state index contributed by atoms with van der Waals surface area (Å²) in [6, 6.07) is 3.35. The van der Waals surface area contributed by atoms with Crippen LogP contribution in [-0.4, -0.2) is 39.1 Å². The van der Waals surface area contributed by atoms with E-state index in [1.807, 2.05) is 31.4 Å². The van der Waals surface area contributed by atoms with Crippen LogP contribution >= 0.6 is 11.6 Å². The number of anilines is 1. The number of nitrogens with one attached hydrogen (secondary N) is 1. The van der Waals surface area contributed by atoms with Gasteiger partial charge in [-0.05, 0) is 39.3 Å². The summed E-state index contributed by atoms with van der Waals surface area (Å²) >= 11 is 6.30. The van der Waals surface area contributed by atoms with Crippen molar-refractivity contribution in [3.63, 3.8) is 0 Å². The van der Waals surface area contributed by atoms with Crippen molar-refractivity contribution >= 4 is 34.6 Å². The van der Waals surface area contributed by atoms with Gasteiger partial charge in [0.1, 0.15) is 11.3 Å². The number of carbonyl (C=O) groups is 1. The molecule has 0 saturated carbocycles. The van der Waals surface area contributed by atoms with Gasteiger partial charge in [-0.15, -0.1) is 0 Å². The van der Waals surface area contributed by atoms with Crippen LogP contribution in [0.2, 0.25) is 5.02 Å². The van der Waals surface area contributed by atoms with Crippen molar-refractivity contribution in [3.8, 4) is 11.3 Å². The summed E-state index contributed by atoms with van der Waals surface area (Å²) in [6.07, 6.45) is 2.34. The van der Waals surface area contributed by atoms with Crippen LogP contribution in [0.25, 0.3) is 22.3 Å². The van der Waals surface area contributed by atoms with Crippen LogP contribution in [-0.2, 0) is 9.53 Å². The molecule has 0 aliphatic carbocycles. The molecule has 0 amide bonds. The van der Waals surface area contributed by atoms with Crippen molar-refractivity contribution in [2.24, 2.45) is 0 Å². The van der Waals surface area contributed by atoms with E-state index in [4.69, 9.17) is 11.6 Å². The topological polar surface area (TPSA) is 81.9 Å². The molecule has 3 rings (SSSR count). The number of benzene rings is 1. The second-order valence-corrected chi connectivity index (χ2v) is 7.35. The van der Waals surface area contributed by atoms with Crippen LogP contribution in [0.1, 0.15) is 38.6 Å². The van der Waals surface area contributed by atoms with E-state index in [-0.39, 0.29) is 12.0 Å². The van der Waals surface area contributed by atoms with Gasteiger partial charge in [-0.2, -0.15) is 0 Å². The SMILES string of the molecule is COC(=O)CCCNc1ncc(Cl)c(-c2cc(F)c3nc(C)n(C(C)C)c3c2)n1. The van der Waals surface area contributed by atoms with Gasteiger partial charge in [0.05, 0.1) is 29.5 Å². The highest BCUT2D eigenvalue weighted by Gasteiger charge is 2.17. The molecule has 2 heterocycles. The Labute approximate surface area is 173 Å². The maximum Gasteiger partial charge on any atom is 0.305 e. The molecule has 0 fully saturated rings. The van der Waals surface area contributed by atoms with Crippen molar-refractivity contribution in [3.05, 3.63) is 35.0 Å². The molecule has 9 heteroatoms. The van der Waals surface area contributed by atoms with E-state index in [1.54, 1.807) is 0 Å². The highest BCUT2D eigenvalue weighted by molar-refractivity contribution is 6.33. The number of esters is 1. The molecule has 0 unspecified atom stereocenters. The van der Waals surface area contributed by atoms with E-state index in [0.29, 0.717) is 52.6 Å². The van der Waals surface area contributed by atoms with Crippen LogP contribution in [0.5, 0.6) is 0 Å². The number of aromatic nitrogens is 4. The van der Waals surface area contributed by atoms with E-state index in [9.17, 15) is 9.18 Å². The second kappa shape index (κ2) is 8.73. The molecule has 3 aromatic rings. The summed E-state index contributed by atoms with van der Waals surface area (Å²) in [5, 5.41) is 3.36. The first-order chi connectivity index (χ1) is 13.8. The van der Waals surface area contributed by atoms with E-state index in [1.165, 1.54) is 19.4 Å². The minimum absolute atomic E-state index is 0.127. The maximum absolute atomic E-state index is 14.8. The van der Waals surface area contributed by atoms with Crippen LogP contribution < -0.4 is 5.32 Å². The predicted octanol–water partition coefficient (Wildman–Crippen LogP) is 4.54. The normalized spacial score (nSPS) is 11.3. The van der Waals surface area contributed by atoms with Crippen molar-refractivity contribution in [2.45, 2.75) is 39.7 Å². The van der Waals surface area contributed by atoms with Gasteiger partial charge in [-0.3, -0.25) is 4.79 Å². The molecule has 0 radical (unpaired) electrons. The third-order valence-electron chi connectivity index (χ3n) is 4.53. The van der Waals surface area contributed by atoms with Gasteiger partial charge in [0, 0.05) is 24.6 Å². The fourth-order valence-electron chi connectivity index (χ4n) is 3.25. The lowest BCUT2D eigenvalue weighted by molar-refractivity contribution is -0.140. The summed E-state index contributed by atoms with van der Waals surface area (Å²) in [4.78, 5) is 24.1. The monoisotopic (exact) mass is 419 g/mol. The lowest BCUT2D eigenvalue weighted by Crippen LogP contribution is -2.09. The molecule has 154 valence electrons. The number of hydrogen-bond acceptors (Lipinski definition) is 6. The molecule has 0 aliphatic rings. The van der Waals surface area contributed by atoms with Gasteiger partial charge in [0.25, 0.3) is 0 Å². The Morgan fingerprint density at radius 1 is 1.34 bits per heavy atom. The quantitative estimate of drug-likeness (QED) is 0.447. The van der Waals surface area contributed by atoms with Gasteiger partial charge >= 0.3 is 5.97 Å². The predicted molar refractivity (Wildman–Crippen MR) is 111 cm³/mol. The van der Waals surface area contributed by atoms with Gasteiger partial charge in [-0.1, -0.05) is 11.6 Å². The lowest BCUT2D eigenvalue weighted by Gasteiger charge is -2.12. The first-order valence-corrected chi connectivity index (χ1v) is 9.71. The van der Waals surface area contributed by atoms with Crippen LogP contribution in [0.4, 0.5) is 10.3 Å². The van der Waals surface area contributed by atoms with Crippen LogP contribution in [0, 0.1) is 12.7 Å². The number of imidazole rings is 1. The standard InChI is InChI=1S/C20H23ClFN5O2/c1-11(2)27-12(3)25-19-15(22)8-13(9-16(19)27)18-14(21)10-24-20(26-18)23-7-5-6-17(28)29-4/h8-11H,5-7H2,1-4H3,(H,23,24,26). The van der Waals surface area contributed by atoms with Crippen LogP contribution in [0.3, 0.4) is 0 Å². The first kappa shape index (κ1) is 21.0. The Kier molecular flexibility index (Phi) is 6.32. The smallest absolute Gasteiger partial charge is 0.305 e. The molecule has 7 nitrogen and oxygen atoms in total. The highest BCUT2D eigenvalue weighted by Crippen LogP contribution is 2.32. The van der Waals surface area contributed by atoms with Gasteiger partial charge in [0.15, 0.2) is 5.82 Å². The minimum atomic E-state index is -0.428. The van der Waals surface area contributed by atoms with Crippen molar-refractivity contribution < 1.29 is 13.9 Å². The summed E-state index contributed by atoms with van der Waals surface area (Å²) in [7, 11) is 1.35. The Morgan fingerprint density at radius 2 is 2.10 bits per heavy atom. The van der Waals surface area contributed by atoms with E-state index < -0.39 is 5.82 Å². The van der Waals surface area contributed by atoms with Crippen LogP contribution in [0.15, 0.2) is 18.3 Å². The zero-order valence-electron chi connectivity index (χ0n) is 16.8. The first-order valence-electron chi connectivity index (χ1n) is 9.33. The van der Waals surface area contributed by atoms with Gasteiger partial charge < -0.3 is 14.6 Å². The number of hydrogen-bond donors (Lipinski definition) is 1. The number of aryl methyl sites for hydroxylation is 1. The zero-order valence-corrected chi connectivity index (χ0v) is 17.5. The number of methoxy groups -OCH3 is 1. The summed E-state index contributed by atoms with van der Waals surface area (Å²) in [5.41, 5.74) is 1.98. The molecule has 0 bridgehead atoms. The molecule has 1 N–H and O–H groups in total. The zero-order chi connectivity index (χ0) is 21.1. The summed E-state index contributed by atoms with van der Waals surface area (Å²) < 4.78 is 21.3. The fraction of sp³-hybridized carbons (Fsp3) is 0.400. The average Bonchev–Trinajstić information content (AvgIpc) is 3.02. The largest absolute Gasteiger partial charge is 0.469 e. The number of halogens is 2. The molecule has 0 spiro atoms. The number of rotatable bonds is 7. The third-order valence-corrected chi connectivity index (χ3v) is 4.80. The highest BCUT2D eigenvalue weighted by atomic mass is 35.5. The van der Waals surface area contributed by atoms with Crippen molar-refractivity contribution in [2.75, 3.05) is 19.0 Å². The Balaban J connectivity index is 1.92. The molecule has 0 saturated heterocycles. The molecule has 2 aromatic heterocycles. The second-order valence-electron chi connectivity index (χ2n) is 6.95. The Morgan fingerprint density at radius 3 is 2.79 bits per heavy atom. The number of carbonyl (C=O) groups excluding carboxylic acids is 1. The molecule has 0 atom stereocenters. The average molecular weight is 420 g/mol. The molecule has 29 heavy (non-hydrogen) atoms. The Bertz CT molecular complexity index is 1050. The molecule has 1 aromatic carbocycles. The van der Waals surface area contributed by atoms with Gasteiger partial charge in [-0.25, -0.2) is 19.3 Å². The number of nitrogens with zero attached hydrogens (tertiary/aromatic N) is 4. The number of ether oxygens (including phenoxy) is 1. The van der Waals surface area contributed by atoms with Crippen molar-refractivity contribution in [1.82, 2.24) is 19.5 Å². The lowest BCUT2D eigenvalue weighted by atomic mass is 10.1. The fourth-order valence-corrected chi connectivity index (χ4v) is 3.45. The molecular formula is C20H23ClFN5O2. The van der Waals surface area contributed by atoms with E-state index >= 15 is 0 Å². The van der Waals surface area contributed by atoms with Crippen molar-refractivity contribution in [1.29, 1.82) is 0 Å². The number of fused-ring (bicyclic) bond motifs is 1. The molecular weight excluding hydrogens is 397 g/mol. The summed E-state index contributed by atoms with van der Waals surface area (Å²) in [6.45, 7) is 6.38. The Hall–Kier alpha value is -2.74. The van der Waals surface area contributed by atoms with E-state index in [2.05, 4.69) is 25.0 Å². The van der Waals surface area contributed by atoms with Gasteiger partial charge in [0.2, 0.25) is 5.95 Å². The van der Waals surface area contributed by atoms with E-state index in [0.717, 1.165) is 5.82 Å².